The molecule has 1 aliphatic rings. The summed E-state index contributed by atoms with van der Waals surface area (Å²) in [5.41, 5.74) is 1.47. The molecule has 0 spiro atoms. The Balaban J connectivity index is 2.26. The summed E-state index contributed by atoms with van der Waals surface area (Å²) in [5, 5.41) is 8.59. The minimum absolute atomic E-state index is 0.188. The molecule has 5 heteroatoms. The first-order chi connectivity index (χ1) is 8.20. The molecule has 1 aromatic carbocycles. The highest BCUT2D eigenvalue weighted by Gasteiger charge is 2.17. The molecule has 0 aliphatic carbocycles. The highest BCUT2D eigenvalue weighted by Crippen LogP contribution is 2.30. The Bertz CT molecular complexity index is 457. The average Bonchev–Trinajstić information content (AvgIpc) is 2.29. The Morgan fingerprint density at radius 1 is 1.53 bits per heavy atom. The van der Waals surface area contributed by atoms with Gasteiger partial charge >= 0.3 is 0 Å². The van der Waals surface area contributed by atoms with E-state index in [1.165, 1.54) is 12.1 Å². The van der Waals surface area contributed by atoms with Gasteiger partial charge in [0.1, 0.15) is 11.6 Å². The molecule has 1 aliphatic heterocycles. The van der Waals surface area contributed by atoms with Gasteiger partial charge in [-0.05, 0) is 19.2 Å². The lowest BCUT2D eigenvalue weighted by Crippen LogP contribution is -2.20. The molecule has 0 saturated heterocycles. The molecule has 2 rings (SSSR count). The highest BCUT2D eigenvalue weighted by molar-refractivity contribution is 5.42. The number of ether oxygens (including phenoxy) is 2. The van der Waals surface area contributed by atoms with Crippen molar-refractivity contribution in [2.75, 3.05) is 20.4 Å². The summed E-state index contributed by atoms with van der Waals surface area (Å²) < 4.78 is 23.9. The molecule has 4 nitrogen and oxygen atoms in total. The number of rotatable bonds is 3. The van der Waals surface area contributed by atoms with Gasteiger partial charge in [0.05, 0.1) is 19.2 Å². The molecule has 17 heavy (non-hydrogen) atoms. The van der Waals surface area contributed by atoms with E-state index in [2.05, 4.69) is 0 Å². The molecule has 0 atom stereocenters. The fourth-order valence-electron chi connectivity index (χ4n) is 1.84. The van der Waals surface area contributed by atoms with Gasteiger partial charge in [0.2, 0.25) is 0 Å². The number of fused-ring (bicyclic) bond motifs is 1. The summed E-state index contributed by atoms with van der Waals surface area (Å²) >= 11 is 0. The minimum Gasteiger partial charge on any atom is -0.467 e. The van der Waals surface area contributed by atoms with Crippen LogP contribution in [-0.4, -0.2) is 25.3 Å². The van der Waals surface area contributed by atoms with E-state index < -0.39 is 0 Å². The molecule has 90 valence electrons. The molecular weight excluding hydrogens is 223 g/mol. The van der Waals surface area contributed by atoms with Gasteiger partial charge in [0.15, 0.2) is 6.79 Å². The number of benzene rings is 1. The molecule has 0 amide bonds. The van der Waals surface area contributed by atoms with E-state index in [1.807, 2.05) is 6.07 Å². The van der Waals surface area contributed by atoms with Crippen molar-refractivity contribution in [3.05, 3.63) is 29.1 Å². The summed E-state index contributed by atoms with van der Waals surface area (Å²) in [6, 6.07) is 4.91. The first-order valence-corrected chi connectivity index (χ1v) is 5.28. The Kier molecular flexibility index (Phi) is 3.57. The van der Waals surface area contributed by atoms with Crippen LogP contribution in [0.15, 0.2) is 12.1 Å². The molecule has 0 bridgehead atoms. The summed E-state index contributed by atoms with van der Waals surface area (Å²) in [6.45, 7) is 1.32. The van der Waals surface area contributed by atoms with Crippen LogP contribution in [0.5, 0.6) is 5.75 Å². The molecule has 0 radical (unpaired) electrons. The lowest BCUT2D eigenvalue weighted by atomic mass is 10.1. The normalized spacial score (nSPS) is 14.0. The summed E-state index contributed by atoms with van der Waals surface area (Å²) in [7, 11) is 1.81. The fraction of sp³-hybridized carbons (Fsp3) is 0.417. The lowest BCUT2D eigenvalue weighted by molar-refractivity contribution is -0.0176. The maximum atomic E-state index is 13.4. The van der Waals surface area contributed by atoms with Crippen molar-refractivity contribution < 1.29 is 13.9 Å². The fourth-order valence-corrected chi connectivity index (χ4v) is 1.84. The summed E-state index contributed by atoms with van der Waals surface area (Å²) in [5.74, 6) is 0.376. The SMILES string of the molecule is CN(CC#N)Cc1cc(F)cc2c1OCOC2. The first kappa shape index (κ1) is 11.8. The topological polar surface area (TPSA) is 45.5 Å². The highest BCUT2D eigenvalue weighted by atomic mass is 19.1. The van der Waals surface area contributed by atoms with E-state index in [1.54, 1.807) is 11.9 Å². The number of nitrogens with zero attached hydrogens (tertiary/aromatic N) is 2. The van der Waals surface area contributed by atoms with Gasteiger partial charge in [-0.15, -0.1) is 0 Å². The van der Waals surface area contributed by atoms with E-state index >= 15 is 0 Å². The second-order valence-electron chi connectivity index (χ2n) is 3.99. The van der Waals surface area contributed by atoms with Crippen LogP contribution in [0, 0.1) is 17.1 Å². The number of hydrogen-bond donors (Lipinski definition) is 0. The molecule has 0 N–H and O–H groups in total. The second kappa shape index (κ2) is 5.13. The zero-order valence-corrected chi connectivity index (χ0v) is 9.57. The van der Waals surface area contributed by atoms with Gasteiger partial charge in [-0.2, -0.15) is 5.26 Å². The third-order valence-electron chi connectivity index (χ3n) is 2.53. The number of nitriles is 1. The van der Waals surface area contributed by atoms with Crippen LogP contribution < -0.4 is 4.74 Å². The molecule has 0 saturated carbocycles. The standard InChI is InChI=1S/C12H13FN2O2/c1-15(3-2-14)6-9-4-11(13)5-10-7-16-8-17-12(9)10/h4-5H,3,6-8H2,1H3. The average molecular weight is 236 g/mol. The molecule has 0 aromatic heterocycles. The van der Waals surface area contributed by atoms with Gasteiger partial charge in [-0.1, -0.05) is 0 Å². The smallest absolute Gasteiger partial charge is 0.189 e. The van der Waals surface area contributed by atoms with Crippen LogP contribution in [0.3, 0.4) is 0 Å². The molecule has 0 unspecified atom stereocenters. The van der Waals surface area contributed by atoms with E-state index in [0.29, 0.717) is 25.4 Å². The van der Waals surface area contributed by atoms with Crippen LogP contribution in [0.4, 0.5) is 4.39 Å². The Hall–Kier alpha value is -1.64. The van der Waals surface area contributed by atoms with E-state index in [0.717, 1.165) is 11.1 Å². The van der Waals surface area contributed by atoms with Crippen LogP contribution in [0.2, 0.25) is 0 Å². The van der Waals surface area contributed by atoms with Crippen molar-refractivity contribution in [2.45, 2.75) is 13.2 Å². The van der Waals surface area contributed by atoms with Gasteiger partial charge in [-0.3, -0.25) is 4.90 Å². The van der Waals surface area contributed by atoms with Crippen LogP contribution >= 0.6 is 0 Å². The van der Waals surface area contributed by atoms with Crippen molar-refractivity contribution in [2.24, 2.45) is 0 Å². The second-order valence-corrected chi connectivity index (χ2v) is 3.99. The first-order valence-electron chi connectivity index (χ1n) is 5.28. The maximum Gasteiger partial charge on any atom is 0.189 e. The Morgan fingerprint density at radius 3 is 3.12 bits per heavy atom. The van der Waals surface area contributed by atoms with Crippen molar-refractivity contribution in [3.63, 3.8) is 0 Å². The Morgan fingerprint density at radius 2 is 2.35 bits per heavy atom. The largest absolute Gasteiger partial charge is 0.467 e. The van der Waals surface area contributed by atoms with Crippen molar-refractivity contribution in [3.8, 4) is 11.8 Å². The van der Waals surface area contributed by atoms with Crippen LogP contribution in [-0.2, 0) is 17.9 Å². The monoisotopic (exact) mass is 236 g/mol. The summed E-state index contributed by atoms with van der Waals surface area (Å²) in [4.78, 5) is 1.80. The van der Waals surface area contributed by atoms with E-state index in [-0.39, 0.29) is 12.6 Å². The molecular formula is C12H13FN2O2. The summed E-state index contributed by atoms with van der Waals surface area (Å²) in [6.07, 6.45) is 0. The number of hydrogen-bond acceptors (Lipinski definition) is 4. The molecule has 1 aromatic rings. The van der Waals surface area contributed by atoms with Gasteiger partial charge in [0.25, 0.3) is 0 Å². The molecule has 0 fully saturated rings. The quantitative estimate of drug-likeness (QED) is 0.748. The maximum absolute atomic E-state index is 13.4. The van der Waals surface area contributed by atoms with Gasteiger partial charge in [-0.25, -0.2) is 4.39 Å². The minimum atomic E-state index is -0.307. The van der Waals surface area contributed by atoms with E-state index in [4.69, 9.17) is 14.7 Å². The molecule has 1 heterocycles. The van der Waals surface area contributed by atoms with E-state index in [9.17, 15) is 4.39 Å². The third-order valence-corrected chi connectivity index (χ3v) is 2.53. The lowest BCUT2D eigenvalue weighted by Gasteiger charge is -2.22. The predicted molar refractivity (Wildman–Crippen MR) is 58.6 cm³/mol. The third kappa shape index (κ3) is 2.73. The Labute approximate surface area is 99.2 Å². The predicted octanol–water partition coefficient (Wildman–Crippen LogP) is 1.65. The van der Waals surface area contributed by atoms with Gasteiger partial charge in [0, 0.05) is 17.7 Å². The van der Waals surface area contributed by atoms with Crippen molar-refractivity contribution in [1.82, 2.24) is 4.90 Å². The number of halogens is 1. The van der Waals surface area contributed by atoms with Crippen LogP contribution in [0.25, 0.3) is 0 Å². The zero-order chi connectivity index (χ0) is 12.3. The zero-order valence-electron chi connectivity index (χ0n) is 9.57. The van der Waals surface area contributed by atoms with Crippen molar-refractivity contribution in [1.29, 1.82) is 5.26 Å². The van der Waals surface area contributed by atoms with Gasteiger partial charge < -0.3 is 9.47 Å². The van der Waals surface area contributed by atoms with Crippen molar-refractivity contribution >= 4 is 0 Å². The van der Waals surface area contributed by atoms with Crippen LogP contribution in [0.1, 0.15) is 11.1 Å².